The van der Waals surface area contributed by atoms with Gasteiger partial charge in [0.2, 0.25) is 5.91 Å². The van der Waals surface area contributed by atoms with Crippen LogP contribution in [0.3, 0.4) is 0 Å². The van der Waals surface area contributed by atoms with E-state index in [1.807, 2.05) is 0 Å². The van der Waals surface area contributed by atoms with Gasteiger partial charge in [0.1, 0.15) is 0 Å². The Morgan fingerprint density at radius 1 is 1.29 bits per heavy atom. The number of carboxylic acids is 1. The second kappa shape index (κ2) is 6.93. The van der Waals surface area contributed by atoms with E-state index in [2.05, 4.69) is 31.2 Å². The van der Waals surface area contributed by atoms with E-state index < -0.39 is 11.4 Å². The number of carbonyl (C=O) groups is 2. The van der Waals surface area contributed by atoms with Crippen molar-refractivity contribution in [2.45, 2.75) is 32.6 Å². The lowest BCUT2D eigenvalue weighted by atomic mass is 9.74. The molecule has 2 saturated heterocycles. The van der Waals surface area contributed by atoms with Crippen molar-refractivity contribution in [3.8, 4) is 0 Å². The van der Waals surface area contributed by atoms with E-state index in [1.165, 1.54) is 5.56 Å². The zero-order chi connectivity index (χ0) is 17.2. The van der Waals surface area contributed by atoms with Gasteiger partial charge >= 0.3 is 5.97 Å². The van der Waals surface area contributed by atoms with Crippen LogP contribution >= 0.6 is 0 Å². The molecule has 1 aromatic rings. The van der Waals surface area contributed by atoms with E-state index in [1.54, 1.807) is 4.90 Å². The number of benzene rings is 1. The minimum atomic E-state index is -0.809. The third-order valence-electron chi connectivity index (χ3n) is 5.54. The van der Waals surface area contributed by atoms with Crippen LogP contribution in [0.25, 0.3) is 0 Å². The average molecular weight is 331 g/mol. The molecule has 1 N–H and O–H groups in total. The molecule has 2 aliphatic rings. The van der Waals surface area contributed by atoms with Crippen molar-refractivity contribution in [2.75, 3.05) is 26.3 Å². The van der Waals surface area contributed by atoms with Gasteiger partial charge in [0, 0.05) is 32.0 Å². The molecular weight excluding hydrogens is 306 g/mol. The summed E-state index contributed by atoms with van der Waals surface area (Å²) in [6, 6.07) is 8.34. The van der Waals surface area contributed by atoms with Gasteiger partial charge in [-0.15, -0.1) is 0 Å². The van der Waals surface area contributed by atoms with Crippen LogP contribution < -0.4 is 0 Å². The van der Waals surface area contributed by atoms with Gasteiger partial charge in [0.05, 0.1) is 12.0 Å². The molecule has 0 radical (unpaired) electrons. The number of rotatable bonds is 5. The topological polar surface area (TPSA) is 66.8 Å². The summed E-state index contributed by atoms with van der Waals surface area (Å²) in [6.07, 6.45) is 2.62. The maximum atomic E-state index is 12.5. The van der Waals surface area contributed by atoms with Crippen molar-refractivity contribution in [3.63, 3.8) is 0 Å². The van der Waals surface area contributed by atoms with Crippen LogP contribution in [0.15, 0.2) is 24.3 Å². The van der Waals surface area contributed by atoms with E-state index >= 15 is 0 Å². The van der Waals surface area contributed by atoms with Crippen molar-refractivity contribution in [1.29, 1.82) is 0 Å². The SMILES string of the molecule is CCc1ccc(CCC(=O)N2C[C@H]3COCC[C@@]3(C(=O)O)C2)cc1. The molecule has 2 aliphatic heterocycles. The number of carbonyl (C=O) groups excluding carboxylic acids is 1. The van der Waals surface area contributed by atoms with Crippen LogP contribution in [0.5, 0.6) is 0 Å². The Labute approximate surface area is 142 Å². The summed E-state index contributed by atoms with van der Waals surface area (Å²) >= 11 is 0. The molecule has 5 heteroatoms. The quantitative estimate of drug-likeness (QED) is 0.897. The second-order valence-corrected chi connectivity index (χ2v) is 6.93. The molecule has 0 unspecified atom stereocenters. The summed E-state index contributed by atoms with van der Waals surface area (Å²) < 4.78 is 5.44. The minimum Gasteiger partial charge on any atom is -0.481 e. The molecule has 0 bridgehead atoms. The number of likely N-dealkylation sites (tertiary alicyclic amines) is 1. The molecule has 0 aromatic heterocycles. The lowest BCUT2D eigenvalue weighted by Gasteiger charge is -2.33. The van der Waals surface area contributed by atoms with Crippen LogP contribution in [0, 0.1) is 11.3 Å². The van der Waals surface area contributed by atoms with Crippen LogP contribution in [0.4, 0.5) is 0 Å². The van der Waals surface area contributed by atoms with E-state index in [-0.39, 0.29) is 11.8 Å². The van der Waals surface area contributed by atoms with Crippen molar-refractivity contribution in [2.24, 2.45) is 11.3 Å². The predicted molar refractivity (Wildman–Crippen MR) is 89.7 cm³/mol. The smallest absolute Gasteiger partial charge is 0.311 e. The second-order valence-electron chi connectivity index (χ2n) is 6.93. The zero-order valence-corrected chi connectivity index (χ0v) is 14.2. The third-order valence-corrected chi connectivity index (χ3v) is 5.54. The summed E-state index contributed by atoms with van der Waals surface area (Å²) in [5, 5.41) is 9.66. The maximum Gasteiger partial charge on any atom is 0.311 e. The lowest BCUT2D eigenvalue weighted by Crippen LogP contribution is -2.45. The molecule has 5 nitrogen and oxygen atoms in total. The van der Waals surface area contributed by atoms with Gasteiger partial charge < -0.3 is 14.7 Å². The molecule has 1 amide bonds. The molecule has 3 rings (SSSR count). The molecule has 2 heterocycles. The third kappa shape index (κ3) is 3.18. The molecule has 24 heavy (non-hydrogen) atoms. The normalized spacial score (nSPS) is 26.2. The first-order valence-electron chi connectivity index (χ1n) is 8.72. The van der Waals surface area contributed by atoms with Gasteiger partial charge in [-0.1, -0.05) is 31.2 Å². The summed E-state index contributed by atoms with van der Waals surface area (Å²) in [7, 11) is 0. The monoisotopic (exact) mass is 331 g/mol. The number of hydrogen-bond donors (Lipinski definition) is 1. The standard InChI is InChI=1S/C19H25NO4/c1-2-14-3-5-15(6-4-14)7-8-17(21)20-11-16-12-24-10-9-19(16,13-20)18(22)23/h3-6,16H,2,7-13H2,1H3,(H,22,23)/t16-,19+/m0/s1. The van der Waals surface area contributed by atoms with Gasteiger partial charge in [-0.3, -0.25) is 9.59 Å². The fourth-order valence-corrected chi connectivity index (χ4v) is 3.84. The first kappa shape index (κ1) is 17.0. The number of amides is 1. The van der Waals surface area contributed by atoms with Gasteiger partial charge in [0.25, 0.3) is 0 Å². The van der Waals surface area contributed by atoms with E-state index in [0.717, 1.165) is 12.0 Å². The first-order valence-corrected chi connectivity index (χ1v) is 8.72. The van der Waals surface area contributed by atoms with Gasteiger partial charge in [-0.2, -0.15) is 0 Å². The average Bonchev–Trinajstić information content (AvgIpc) is 3.01. The molecule has 0 aliphatic carbocycles. The summed E-state index contributed by atoms with van der Waals surface area (Å²) in [5.74, 6) is -0.831. The molecule has 2 fully saturated rings. The van der Waals surface area contributed by atoms with Crippen LogP contribution in [0.2, 0.25) is 0 Å². The van der Waals surface area contributed by atoms with Crippen molar-refractivity contribution in [3.05, 3.63) is 35.4 Å². The Kier molecular flexibility index (Phi) is 4.90. The number of nitrogens with zero attached hydrogens (tertiary/aromatic N) is 1. The van der Waals surface area contributed by atoms with Crippen LogP contribution in [-0.4, -0.2) is 48.2 Å². The Morgan fingerprint density at radius 2 is 2.00 bits per heavy atom. The Hall–Kier alpha value is -1.88. The van der Waals surface area contributed by atoms with Crippen molar-refractivity contribution < 1.29 is 19.4 Å². The highest BCUT2D eigenvalue weighted by molar-refractivity contribution is 5.81. The fourth-order valence-electron chi connectivity index (χ4n) is 3.84. The Bertz CT molecular complexity index is 612. The fraction of sp³-hybridized carbons (Fsp3) is 0.579. The molecule has 2 atom stereocenters. The van der Waals surface area contributed by atoms with Crippen LogP contribution in [-0.2, 0) is 27.2 Å². The first-order chi connectivity index (χ1) is 11.5. The predicted octanol–water partition coefficient (Wildman–Crippen LogP) is 2.13. The van der Waals surface area contributed by atoms with E-state index in [4.69, 9.17) is 4.74 Å². The number of aryl methyl sites for hydroxylation is 2. The van der Waals surface area contributed by atoms with E-state index in [9.17, 15) is 14.7 Å². The number of ether oxygens (including phenoxy) is 1. The van der Waals surface area contributed by atoms with E-state index in [0.29, 0.717) is 45.6 Å². The number of carboxylic acid groups (broad SMARTS) is 1. The number of fused-ring (bicyclic) bond motifs is 1. The van der Waals surface area contributed by atoms with Gasteiger partial charge in [-0.05, 0) is 30.4 Å². The molecule has 0 spiro atoms. The van der Waals surface area contributed by atoms with Gasteiger partial charge in [0.15, 0.2) is 0 Å². The summed E-state index contributed by atoms with van der Waals surface area (Å²) in [6.45, 7) is 3.85. The molecule has 1 aromatic carbocycles. The largest absolute Gasteiger partial charge is 0.481 e. The molecule has 0 saturated carbocycles. The highest BCUT2D eigenvalue weighted by Gasteiger charge is 2.54. The molecular formula is C19H25NO4. The molecule has 130 valence electrons. The minimum absolute atomic E-state index is 0.0459. The summed E-state index contributed by atoms with van der Waals surface area (Å²) in [4.78, 5) is 26.0. The van der Waals surface area contributed by atoms with Crippen molar-refractivity contribution >= 4 is 11.9 Å². The van der Waals surface area contributed by atoms with Crippen LogP contribution in [0.1, 0.15) is 30.9 Å². The highest BCUT2D eigenvalue weighted by Crippen LogP contribution is 2.42. The number of hydrogen-bond acceptors (Lipinski definition) is 3. The summed E-state index contributed by atoms with van der Waals surface area (Å²) in [5.41, 5.74) is 1.63. The Balaban J connectivity index is 1.60. The Morgan fingerprint density at radius 3 is 2.62 bits per heavy atom. The van der Waals surface area contributed by atoms with Crippen molar-refractivity contribution in [1.82, 2.24) is 4.90 Å². The number of aliphatic carboxylic acids is 1. The lowest BCUT2D eigenvalue weighted by molar-refractivity contribution is -0.157. The highest BCUT2D eigenvalue weighted by atomic mass is 16.5. The zero-order valence-electron chi connectivity index (χ0n) is 14.2. The maximum absolute atomic E-state index is 12.5. The van der Waals surface area contributed by atoms with Gasteiger partial charge in [-0.25, -0.2) is 0 Å².